The fraction of sp³-hybridized carbons (Fsp3) is 0.647. The molecular weight excluding hydrogens is 248 g/mol. The first-order valence-corrected chi connectivity index (χ1v) is 8.06. The quantitative estimate of drug-likeness (QED) is 0.820. The molecule has 0 bridgehead atoms. The minimum Gasteiger partial charge on any atom is -0.379 e. The van der Waals surface area contributed by atoms with E-state index in [9.17, 15) is 0 Å². The van der Waals surface area contributed by atoms with Gasteiger partial charge in [0, 0.05) is 31.9 Å². The summed E-state index contributed by atoms with van der Waals surface area (Å²) in [5.41, 5.74) is 3.01. The van der Waals surface area contributed by atoms with E-state index in [0.717, 1.165) is 26.3 Å². The molecule has 110 valence electrons. The standard InChI is InChI=1S/C17H26N2O/c1-2-8-17(19-10-3-4-11-19)16(6-1)7-5-9-18-12-14-20-15-13-18/h1-2,6,8H,3-5,7,9-15H2. The molecule has 2 heterocycles. The van der Waals surface area contributed by atoms with Gasteiger partial charge in [-0.3, -0.25) is 4.90 Å². The van der Waals surface area contributed by atoms with E-state index in [0.29, 0.717) is 0 Å². The largest absolute Gasteiger partial charge is 0.379 e. The van der Waals surface area contributed by atoms with E-state index >= 15 is 0 Å². The number of anilines is 1. The Balaban J connectivity index is 1.53. The Hall–Kier alpha value is -1.06. The van der Waals surface area contributed by atoms with Gasteiger partial charge in [0.2, 0.25) is 0 Å². The maximum atomic E-state index is 5.40. The number of benzene rings is 1. The van der Waals surface area contributed by atoms with Crippen LogP contribution < -0.4 is 4.90 Å². The van der Waals surface area contributed by atoms with Crippen molar-refractivity contribution in [1.82, 2.24) is 4.90 Å². The molecular formula is C17H26N2O. The van der Waals surface area contributed by atoms with Gasteiger partial charge in [0.25, 0.3) is 0 Å². The normalized spacial score (nSPS) is 20.5. The average molecular weight is 274 g/mol. The Morgan fingerprint density at radius 1 is 0.950 bits per heavy atom. The van der Waals surface area contributed by atoms with Crippen molar-refractivity contribution in [2.75, 3.05) is 50.8 Å². The predicted molar refractivity (Wildman–Crippen MR) is 83.5 cm³/mol. The Labute approximate surface area is 122 Å². The highest BCUT2D eigenvalue weighted by molar-refractivity contribution is 5.54. The summed E-state index contributed by atoms with van der Waals surface area (Å²) in [7, 11) is 0. The highest BCUT2D eigenvalue weighted by Gasteiger charge is 2.15. The third kappa shape index (κ3) is 3.53. The summed E-state index contributed by atoms with van der Waals surface area (Å²) in [6.07, 6.45) is 5.15. The molecule has 3 heteroatoms. The molecule has 0 amide bonds. The number of rotatable bonds is 5. The molecule has 2 aliphatic heterocycles. The Kier molecular flexibility index (Phi) is 4.93. The first-order chi connectivity index (χ1) is 9.93. The molecule has 20 heavy (non-hydrogen) atoms. The second-order valence-corrected chi connectivity index (χ2v) is 5.88. The maximum Gasteiger partial charge on any atom is 0.0594 e. The molecule has 0 aliphatic carbocycles. The fourth-order valence-corrected chi connectivity index (χ4v) is 3.31. The smallest absolute Gasteiger partial charge is 0.0594 e. The zero-order chi connectivity index (χ0) is 13.6. The van der Waals surface area contributed by atoms with Crippen LogP contribution >= 0.6 is 0 Å². The number of hydrogen-bond acceptors (Lipinski definition) is 3. The molecule has 2 aliphatic rings. The van der Waals surface area contributed by atoms with Gasteiger partial charge in [0.1, 0.15) is 0 Å². The van der Waals surface area contributed by atoms with Crippen LogP contribution in [0.2, 0.25) is 0 Å². The topological polar surface area (TPSA) is 15.7 Å². The van der Waals surface area contributed by atoms with Crippen molar-refractivity contribution >= 4 is 5.69 Å². The van der Waals surface area contributed by atoms with E-state index in [1.165, 1.54) is 56.6 Å². The molecule has 2 fully saturated rings. The van der Waals surface area contributed by atoms with Crippen LogP contribution in [0.5, 0.6) is 0 Å². The third-order valence-corrected chi connectivity index (χ3v) is 4.46. The molecule has 0 aromatic heterocycles. The van der Waals surface area contributed by atoms with E-state index in [-0.39, 0.29) is 0 Å². The summed E-state index contributed by atoms with van der Waals surface area (Å²) in [5, 5.41) is 0. The molecule has 1 aromatic carbocycles. The highest BCUT2D eigenvalue weighted by atomic mass is 16.5. The minimum atomic E-state index is 0.907. The summed E-state index contributed by atoms with van der Waals surface area (Å²) < 4.78 is 5.40. The van der Waals surface area contributed by atoms with Crippen molar-refractivity contribution in [1.29, 1.82) is 0 Å². The predicted octanol–water partition coefficient (Wildman–Crippen LogP) is 2.55. The van der Waals surface area contributed by atoms with Crippen LogP contribution in [0.1, 0.15) is 24.8 Å². The van der Waals surface area contributed by atoms with Crippen molar-refractivity contribution in [3.63, 3.8) is 0 Å². The van der Waals surface area contributed by atoms with Crippen molar-refractivity contribution in [2.24, 2.45) is 0 Å². The second kappa shape index (κ2) is 7.09. The van der Waals surface area contributed by atoms with Gasteiger partial charge in [-0.2, -0.15) is 0 Å². The lowest BCUT2D eigenvalue weighted by Crippen LogP contribution is -2.37. The molecule has 2 saturated heterocycles. The summed E-state index contributed by atoms with van der Waals surface area (Å²) in [4.78, 5) is 5.09. The average Bonchev–Trinajstić information content (AvgIpc) is 3.03. The van der Waals surface area contributed by atoms with Crippen molar-refractivity contribution in [3.8, 4) is 0 Å². The van der Waals surface area contributed by atoms with Gasteiger partial charge in [-0.15, -0.1) is 0 Å². The SMILES string of the molecule is c1ccc(N2CCCC2)c(CCCN2CCOCC2)c1. The van der Waals surface area contributed by atoms with Gasteiger partial charge < -0.3 is 9.64 Å². The van der Waals surface area contributed by atoms with Gasteiger partial charge in [0.05, 0.1) is 13.2 Å². The number of para-hydroxylation sites is 1. The van der Waals surface area contributed by atoms with Crippen LogP contribution in [-0.4, -0.2) is 50.8 Å². The lowest BCUT2D eigenvalue weighted by Gasteiger charge is -2.27. The van der Waals surface area contributed by atoms with Crippen LogP contribution in [0.3, 0.4) is 0 Å². The van der Waals surface area contributed by atoms with Crippen LogP contribution in [0, 0.1) is 0 Å². The zero-order valence-electron chi connectivity index (χ0n) is 12.4. The molecule has 0 atom stereocenters. The van der Waals surface area contributed by atoms with Crippen LogP contribution in [-0.2, 0) is 11.2 Å². The number of aryl methyl sites for hydroxylation is 1. The molecule has 0 spiro atoms. The van der Waals surface area contributed by atoms with Crippen LogP contribution in [0.4, 0.5) is 5.69 Å². The zero-order valence-corrected chi connectivity index (χ0v) is 12.4. The van der Waals surface area contributed by atoms with Gasteiger partial charge in [-0.25, -0.2) is 0 Å². The number of hydrogen-bond donors (Lipinski definition) is 0. The fourth-order valence-electron chi connectivity index (χ4n) is 3.31. The Bertz CT molecular complexity index is 409. The number of nitrogens with zero attached hydrogens (tertiary/aromatic N) is 2. The molecule has 3 rings (SSSR count). The monoisotopic (exact) mass is 274 g/mol. The first kappa shape index (κ1) is 13.9. The van der Waals surface area contributed by atoms with E-state index in [1.807, 2.05) is 0 Å². The van der Waals surface area contributed by atoms with E-state index < -0.39 is 0 Å². The van der Waals surface area contributed by atoms with Crippen molar-refractivity contribution in [2.45, 2.75) is 25.7 Å². The lowest BCUT2D eigenvalue weighted by molar-refractivity contribution is 0.0375. The maximum absolute atomic E-state index is 5.40. The number of ether oxygens (including phenoxy) is 1. The Morgan fingerprint density at radius 3 is 2.50 bits per heavy atom. The summed E-state index contributed by atoms with van der Waals surface area (Å²) >= 11 is 0. The van der Waals surface area contributed by atoms with E-state index in [2.05, 4.69) is 34.1 Å². The molecule has 0 unspecified atom stereocenters. The van der Waals surface area contributed by atoms with Crippen molar-refractivity contribution in [3.05, 3.63) is 29.8 Å². The second-order valence-electron chi connectivity index (χ2n) is 5.88. The molecule has 0 radical (unpaired) electrons. The van der Waals surface area contributed by atoms with Gasteiger partial charge in [0.15, 0.2) is 0 Å². The van der Waals surface area contributed by atoms with Gasteiger partial charge in [-0.1, -0.05) is 18.2 Å². The Morgan fingerprint density at radius 2 is 1.70 bits per heavy atom. The van der Waals surface area contributed by atoms with E-state index in [1.54, 1.807) is 0 Å². The van der Waals surface area contributed by atoms with Gasteiger partial charge in [-0.05, 0) is 43.9 Å². The van der Waals surface area contributed by atoms with Crippen LogP contribution in [0.25, 0.3) is 0 Å². The molecule has 0 saturated carbocycles. The summed E-state index contributed by atoms with van der Waals surface area (Å²) in [5.74, 6) is 0. The molecule has 3 nitrogen and oxygen atoms in total. The van der Waals surface area contributed by atoms with E-state index in [4.69, 9.17) is 4.74 Å². The summed E-state index contributed by atoms with van der Waals surface area (Å²) in [6, 6.07) is 8.98. The molecule has 0 N–H and O–H groups in total. The first-order valence-electron chi connectivity index (χ1n) is 8.06. The van der Waals surface area contributed by atoms with Gasteiger partial charge >= 0.3 is 0 Å². The minimum absolute atomic E-state index is 0.907. The molecule has 1 aromatic rings. The lowest BCUT2D eigenvalue weighted by atomic mass is 10.1. The van der Waals surface area contributed by atoms with Crippen molar-refractivity contribution < 1.29 is 4.74 Å². The van der Waals surface area contributed by atoms with Crippen LogP contribution in [0.15, 0.2) is 24.3 Å². The number of morpholine rings is 1. The highest BCUT2D eigenvalue weighted by Crippen LogP contribution is 2.25. The summed E-state index contributed by atoms with van der Waals surface area (Å²) in [6.45, 7) is 7.70. The third-order valence-electron chi connectivity index (χ3n) is 4.46.